The predicted molar refractivity (Wildman–Crippen MR) is 116 cm³/mol. The number of rotatable bonds is 5. The molecule has 0 spiro atoms. The Morgan fingerprint density at radius 2 is 2.00 bits per heavy atom. The van der Waals surface area contributed by atoms with Gasteiger partial charge in [-0.1, -0.05) is 37.3 Å². The van der Waals surface area contributed by atoms with Gasteiger partial charge in [0.25, 0.3) is 0 Å². The number of aromatic nitrogens is 2. The van der Waals surface area contributed by atoms with Crippen molar-refractivity contribution < 1.29 is 13.2 Å². The van der Waals surface area contributed by atoms with Crippen molar-refractivity contribution >= 4 is 21.6 Å². The van der Waals surface area contributed by atoms with Crippen molar-refractivity contribution in [1.29, 1.82) is 0 Å². The molecule has 7 heteroatoms. The third kappa shape index (κ3) is 3.33. The van der Waals surface area contributed by atoms with E-state index in [0.717, 1.165) is 52.7 Å². The third-order valence-electron chi connectivity index (χ3n) is 6.24. The monoisotopic (exact) mass is 421 g/mol. The summed E-state index contributed by atoms with van der Waals surface area (Å²) in [5.74, 6) is 0.605. The van der Waals surface area contributed by atoms with Gasteiger partial charge in [-0.05, 0) is 41.5 Å². The molecule has 2 unspecified atom stereocenters. The summed E-state index contributed by atoms with van der Waals surface area (Å²) in [7, 11) is -3.43. The second-order valence-electron chi connectivity index (χ2n) is 8.75. The van der Waals surface area contributed by atoms with Gasteiger partial charge in [0.1, 0.15) is 5.82 Å². The molecule has 2 atom stereocenters. The van der Waals surface area contributed by atoms with Gasteiger partial charge in [-0.2, -0.15) is 0 Å². The van der Waals surface area contributed by atoms with Crippen molar-refractivity contribution in [3.8, 4) is 11.3 Å². The number of hydrogen-bond acceptors (Lipinski definition) is 4. The molecule has 0 bridgehead atoms. The average molecular weight is 422 g/mol. The number of sulfonamides is 1. The van der Waals surface area contributed by atoms with E-state index in [1.54, 1.807) is 12.3 Å². The van der Waals surface area contributed by atoms with Crippen LogP contribution in [0.2, 0.25) is 0 Å². The number of nitrogens with one attached hydrogen (secondary N) is 2. The number of fused-ring (bicyclic) bond motifs is 2. The number of carbonyl (C=O) groups excluding carboxylic acids is 1. The fraction of sp³-hybridized carbons (Fsp3) is 0.304. The van der Waals surface area contributed by atoms with E-state index in [-0.39, 0.29) is 22.9 Å². The predicted octanol–water partition coefficient (Wildman–Crippen LogP) is 3.80. The molecular formula is C23H23N3O3S. The van der Waals surface area contributed by atoms with Crippen molar-refractivity contribution in [2.75, 3.05) is 11.0 Å². The lowest BCUT2D eigenvalue weighted by atomic mass is 9.84. The number of aromatic amines is 1. The van der Waals surface area contributed by atoms with Gasteiger partial charge in [0.15, 0.2) is 5.78 Å². The number of hydrogen-bond donors (Lipinski definition) is 2. The molecule has 0 aliphatic heterocycles. The van der Waals surface area contributed by atoms with E-state index in [2.05, 4.69) is 33.7 Å². The first-order valence-electron chi connectivity index (χ1n) is 10.00. The molecule has 0 saturated heterocycles. The minimum atomic E-state index is -3.43. The molecule has 30 heavy (non-hydrogen) atoms. The zero-order valence-corrected chi connectivity index (χ0v) is 17.7. The zero-order chi connectivity index (χ0) is 21.1. The van der Waals surface area contributed by atoms with Crippen molar-refractivity contribution in [3.05, 3.63) is 71.0 Å². The first-order chi connectivity index (χ1) is 14.2. The van der Waals surface area contributed by atoms with Gasteiger partial charge in [0.2, 0.25) is 10.0 Å². The average Bonchev–Trinajstić information content (AvgIpc) is 3.24. The molecule has 1 saturated carbocycles. The van der Waals surface area contributed by atoms with Gasteiger partial charge in [0, 0.05) is 35.4 Å². The Labute approximate surface area is 175 Å². The third-order valence-corrected chi connectivity index (χ3v) is 6.82. The highest BCUT2D eigenvalue weighted by Gasteiger charge is 2.58. The second kappa shape index (κ2) is 6.54. The lowest BCUT2D eigenvalue weighted by molar-refractivity contribution is 0.0939. The van der Waals surface area contributed by atoms with Crippen LogP contribution in [0.15, 0.2) is 48.7 Å². The Morgan fingerprint density at radius 1 is 1.23 bits per heavy atom. The SMILES string of the molecule is CC12Cc3[nH]c(-c4ccnc(NS(C)(=O)=O)c4)c(Cc4ccccc4)c3C(=O)C1C2. The molecule has 154 valence electrons. The summed E-state index contributed by atoms with van der Waals surface area (Å²) in [5, 5.41) is 0. The molecule has 2 aromatic heterocycles. The minimum absolute atomic E-state index is 0.0669. The standard InChI is InChI=1S/C23H23N3O3S/c1-23-12-17(23)22(27)20-16(10-14-6-4-3-5-7-14)21(25-18(20)13-23)15-8-9-24-19(11-15)26-30(2,28)29/h3-9,11,17,25H,10,12-13H2,1-2H3,(H,24,26). The maximum Gasteiger partial charge on any atom is 0.230 e. The molecule has 2 aliphatic rings. The van der Waals surface area contributed by atoms with E-state index < -0.39 is 10.0 Å². The Hall–Kier alpha value is -2.93. The van der Waals surface area contributed by atoms with E-state index in [0.29, 0.717) is 6.42 Å². The maximum atomic E-state index is 13.2. The number of anilines is 1. The Morgan fingerprint density at radius 3 is 2.73 bits per heavy atom. The molecule has 2 N–H and O–H groups in total. The highest BCUT2D eigenvalue weighted by atomic mass is 32.2. The molecule has 1 aromatic carbocycles. The number of H-pyrrole nitrogens is 1. The summed E-state index contributed by atoms with van der Waals surface area (Å²) in [6.07, 6.45) is 5.12. The second-order valence-corrected chi connectivity index (χ2v) is 10.5. The smallest absolute Gasteiger partial charge is 0.230 e. The lowest BCUT2D eigenvalue weighted by Crippen LogP contribution is -2.20. The number of nitrogens with zero attached hydrogens (tertiary/aromatic N) is 1. The van der Waals surface area contributed by atoms with Gasteiger partial charge in [-0.15, -0.1) is 0 Å². The molecule has 2 aliphatic carbocycles. The highest BCUT2D eigenvalue weighted by Crippen LogP contribution is 2.59. The fourth-order valence-corrected chi connectivity index (χ4v) is 5.16. The summed E-state index contributed by atoms with van der Waals surface area (Å²) < 4.78 is 25.7. The van der Waals surface area contributed by atoms with Gasteiger partial charge in [-0.3, -0.25) is 9.52 Å². The Kier molecular flexibility index (Phi) is 4.15. The number of ketones is 1. The van der Waals surface area contributed by atoms with Crippen LogP contribution in [-0.2, 0) is 22.9 Å². The van der Waals surface area contributed by atoms with E-state index >= 15 is 0 Å². The molecule has 2 heterocycles. The summed E-state index contributed by atoms with van der Waals surface area (Å²) in [5.41, 5.74) is 5.66. The number of Topliss-reactive ketones (excluding diaryl/α,β-unsaturated/α-hetero) is 1. The summed E-state index contributed by atoms with van der Waals surface area (Å²) in [6, 6.07) is 13.6. The van der Waals surface area contributed by atoms with Crippen LogP contribution in [0.1, 0.15) is 40.5 Å². The van der Waals surface area contributed by atoms with Crippen LogP contribution in [-0.4, -0.2) is 30.4 Å². The maximum absolute atomic E-state index is 13.2. The van der Waals surface area contributed by atoms with E-state index in [9.17, 15) is 13.2 Å². The topological polar surface area (TPSA) is 91.9 Å². The summed E-state index contributed by atoms with van der Waals surface area (Å²) in [4.78, 5) is 20.9. The van der Waals surface area contributed by atoms with Crippen molar-refractivity contribution in [2.45, 2.75) is 26.2 Å². The largest absolute Gasteiger partial charge is 0.358 e. The Bertz CT molecular complexity index is 1260. The normalized spacial score (nSPS) is 22.3. The van der Waals surface area contributed by atoms with Crippen LogP contribution in [0.3, 0.4) is 0 Å². The number of carbonyl (C=O) groups is 1. The lowest BCUT2D eigenvalue weighted by Gasteiger charge is -2.17. The van der Waals surface area contributed by atoms with Gasteiger partial charge < -0.3 is 4.98 Å². The van der Waals surface area contributed by atoms with E-state index in [1.165, 1.54) is 0 Å². The Balaban J connectivity index is 1.64. The first kappa shape index (κ1) is 19.1. The van der Waals surface area contributed by atoms with Crippen LogP contribution in [0.25, 0.3) is 11.3 Å². The highest BCUT2D eigenvalue weighted by molar-refractivity contribution is 7.92. The summed E-state index contributed by atoms with van der Waals surface area (Å²) >= 11 is 0. The molecule has 6 nitrogen and oxygen atoms in total. The van der Waals surface area contributed by atoms with E-state index in [1.807, 2.05) is 24.3 Å². The van der Waals surface area contributed by atoms with Crippen LogP contribution in [0, 0.1) is 11.3 Å². The quantitative estimate of drug-likeness (QED) is 0.655. The van der Waals surface area contributed by atoms with Crippen LogP contribution >= 0.6 is 0 Å². The van der Waals surface area contributed by atoms with Crippen LogP contribution in [0.5, 0.6) is 0 Å². The van der Waals surface area contributed by atoms with Crippen LogP contribution < -0.4 is 4.72 Å². The number of benzene rings is 1. The molecule has 3 aromatic rings. The van der Waals surface area contributed by atoms with Gasteiger partial charge >= 0.3 is 0 Å². The van der Waals surface area contributed by atoms with Crippen molar-refractivity contribution in [1.82, 2.24) is 9.97 Å². The summed E-state index contributed by atoms with van der Waals surface area (Å²) in [6.45, 7) is 2.18. The van der Waals surface area contributed by atoms with Crippen molar-refractivity contribution in [2.24, 2.45) is 11.3 Å². The van der Waals surface area contributed by atoms with Crippen molar-refractivity contribution in [3.63, 3.8) is 0 Å². The first-order valence-corrected chi connectivity index (χ1v) is 11.9. The minimum Gasteiger partial charge on any atom is -0.358 e. The zero-order valence-electron chi connectivity index (χ0n) is 16.9. The molecule has 1 fully saturated rings. The number of pyridine rings is 1. The van der Waals surface area contributed by atoms with Gasteiger partial charge in [-0.25, -0.2) is 13.4 Å². The molecule has 5 rings (SSSR count). The fourth-order valence-electron chi connectivity index (χ4n) is 4.67. The molecular weight excluding hydrogens is 398 g/mol. The molecule has 0 radical (unpaired) electrons. The van der Waals surface area contributed by atoms with Gasteiger partial charge in [0.05, 0.1) is 11.9 Å². The van der Waals surface area contributed by atoms with E-state index in [4.69, 9.17) is 0 Å². The molecule has 0 amide bonds. The van der Waals surface area contributed by atoms with Crippen LogP contribution in [0.4, 0.5) is 5.82 Å².